The van der Waals surface area contributed by atoms with Crippen LogP contribution in [0.2, 0.25) is 5.02 Å². The molecule has 2 aromatic rings. The molecule has 4 nitrogen and oxygen atoms in total. The van der Waals surface area contributed by atoms with E-state index in [1.54, 1.807) is 17.8 Å². The van der Waals surface area contributed by atoms with Crippen LogP contribution in [0.3, 0.4) is 0 Å². The number of ether oxygens (including phenoxy) is 1. The highest BCUT2D eigenvalue weighted by Crippen LogP contribution is 2.38. The minimum absolute atomic E-state index is 0.427. The summed E-state index contributed by atoms with van der Waals surface area (Å²) in [6.07, 6.45) is 3.09. The van der Waals surface area contributed by atoms with E-state index in [4.69, 9.17) is 28.6 Å². The molecule has 0 unspecified atom stereocenters. The fraction of sp³-hybridized carbons (Fsp3) is 0.294. The Kier molecular flexibility index (Phi) is 8.02. The lowest BCUT2D eigenvalue weighted by atomic mass is 10.0. The number of rotatable bonds is 7. The van der Waals surface area contributed by atoms with Crippen molar-refractivity contribution in [2.45, 2.75) is 6.42 Å². The van der Waals surface area contributed by atoms with E-state index in [1.165, 1.54) is 18.4 Å². The van der Waals surface area contributed by atoms with Gasteiger partial charge in [0.15, 0.2) is 5.11 Å². The molecule has 0 bridgehead atoms. The summed E-state index contributed by atoms with van der Waals surface area (Å²) >= 11 is 14.8. The standard InChI is InChI=1S/C17H19ClN2O2S3/c1-22-16(21)14-12(11-6-3-4-7-13(11)18)10-25-15(14)20-17(23)19-8-5-9-24-2/h3-4,6-7,10H,5,8-9H2,1-2H3,(H2,19,20,23). The lowest BCUT2D eigenvalue weighted by Crippen LogP contribution is -2.29. The second kappa shape index (κ2) is 10.0. The first-order valence-electron chi connectivity index (χ1n) is 7.57. The summed E-state index contributed by atoms with van der Waals surface area (Å²) in [7, 11) is 1.36. The van der Waals surface area contributed by atoms with Crippen LogP contribution in [0.5, 0.6) is 0 Å². The van der Waals surface area contributed by atoms with Gasteiger partial charge in [0.25, 0.3) is 0 Å². The van der Waals surface area contributed by atoms with Gasteiger partial charge in [-0.1, -0.05) is 29.8 Å². The molecule has 25 heavy (non-hydrogen) atoms. The molecule has 134 valence electrons. The van der Waals surface area contributed by atoms with Crippen LogP contribution in [-0.2, 0) is 4.74 Å². The van der Waals surface area contributed by atoms with E-state index >= 15 is 0 Å². The summed E-state index contributed by atoms with van der Waals surface area (Å²) in [6, 6.07) is 7.40. The number of halogens is 1. The first-order valence-corrected chi connectivity index (χ1v) is 10.6. The number of nitrogens with one attached hydrogen (secondary N) is 2. The molecule has 2 N–H and O–H groups in total. The van der Waals surface area contributed by atoms with Crippen molar-refractivity contribution >= 4 is 63.0 Å². The fourth-order valence-electron chi connectivity index (χ4n) is 2.20. The number of anilines is 1. The smallest absolute Gasteiger partial charge is 0.341 e. The number of thiophene rings is 1. The Bertz CT molecular complexity index is 749. The molecule has 0 spiro atoms. The van der Waals surface area contributed by atoms with Crippen LogP contribution in [0.1, 0.15) is 16.8 Å². The number of thioether (sulfide) groups is 1. The van der Waals surface area contributed by atoms with Gasteiger partial charge in [-0.15, -0.1) is 11.3 Å². The lowest BCUT2D eigenvalue weighted by molar-refractivity contribution is 0.0603. The Morgan fingerprint density at radius 1 is 1.36 bits per heavy atom. The Morgan fingerprint density at radius 2 is 2.12 bits per heavy atom. The number of esters is 1. The molecule has 0 aliphatic rings. The molecule has 0 aliphatic carbocycles. The monoisotopic (exact) mass is 414 g/mol. The zero-order valence-corrected chi connectivity index (χ0v) is 17.1. The van der Waals surface area contributed by atoms with Gasteiger partial charge in [0.2, 0.25) is 0 Å². The number of methoxy groups -OCH3 is 1. The molecule has 2 rings (SSSR count). The summed E-state index contributed by atoms with van der Waals surface area (Å²) in [5.74, 6) is 0.641. The average molecular weight is 415 g/mol. The zero-order valence-electron chi connectivity index (χ0n) is 13.9. The average Bonchev–Trinajstić information content (AvgIpc) is 3.01. The van der Waals surface area contributed by atoms with E-state index in [9.17, 15) is 4.79 Å². The van der Waals surface area contributed by atoms with Crippen LogP contribution in [0.15, 0.2) is 29.6 Å². The molecule has 1 aromatic heterocycles. The van der Waals surface area contributed by atoms with Gasteiger partial charge in [-0.3, -0.25) is 0 Å². The van der Waals surface area contributed by atoms with E-state index in [1.807, 2.05) is 23.6 Å². The largest absolute Gasteiger partial charge is 0.465 e. The van der Waals surface area contributed by atoms with Crippen molar-refractivity contribution in [1.82, 2.24) is 5.32 Å². The van der Waals surface area contributed by atoms with Crippen LogP contribution >= 0.6 is 46.9 Å². The highest BCUT2D eigenvalue weighted by atomic mass is 35.5. The van der Waals surface area contributed by atoms with Crippen molar-refractivity contribution in [3.8, 4) is 11.1 Å². The molecule has 8 heteroatoms. The van der Waals surface area contributed by atoms with Crippen molar-refractivity contribution in [3.63, 3.8) is 0 Å². The van der Waals surface area contributed by atoms with Gasteiger partial charge in [-0.25, -0.2) is 4.79 Å². The molecule has 1 heterocycles. The van der Waals surface area contributed by atoms with Crippen LogP contribution in [0.4, 0.5) is 5.00 Å². The zero-order chi connectivity index (χ0) is 18.2. The maximum absolute atomic E-state index is 12.3. The van der Waals surface area contributed by atoms with E-state index in [0.717, 1.165) is 29.8 Å². The van der Waals surface area contributed by atoms with Gasteiger partial charge in [-0.2, -0.15) is 11.8 Å². The molecular formula is C17H19ClN2O2S3. The fourth-order valence-corrected chi connectivity index (χ4v) is 4.09. The number of hydrogen-bond donors (Lipinski definition) is 2. The summed E-state index contributed by atoms with van der Waals surface area (Å²) < 4.78 is 4.95. The molecule has 0 atom stereocenters. The summed E-state index contributed by atoms with van der Waals surface area (Å²) in [5, 5.41) is 9.83. The third-order valence-electron chi connectivity index (χ3n) is 3.38. The van der Waals surface area contributed by atoms with Gasteiger partial charge >= 0.3 is 5.97 Å². The molecule has 0 saturated carbocycles. The molecule has 0 fully saturated rings. The summed E-state index contributed by atoms with van der Waals surface area (Å²) in [5.41, 5.74) is 1.96. The van der Waals surface area contributed by atoms with Crippen molar-refractivity contribution < 1.29 is 9.53 Å². The first kappa shape index (κ1) is 20.0. The normalized spacial score (nSPS) is 10.4. The maximum atomic E-state index is 12.3. The minimum atomic E-state index is -0.427. The second-order valence-corrected chi connectivity index (χ2v) is 7.73. The second-order valence-electron chi connectivity index (χ2n) is 5.05. The maximum Gasteiger partial charge on any atom is 0.341 e. The number of carbonyl (C=O) groups is 1. The number of thiocarbonyl (C=S) groups is 1. The first-order chi connectivity index (χ1) is 12.1. The van der Waals surface area contributed by atoms with Crippen LogP contribution in [0.25, 0.3) is 11.1 Å². The molecular weight excluding hydrogens is 396 g/mol. The van der Waals surface area contributed by atoms with Gasteiger partial charge < -0.3 is 15.4 Å². The van der Waals surface area contributed by atoms with Crippen molar-refractivity contribution in [2.24, 2.45) is 0 Å². The molecule has 0 radical (unpaired) electrons. The van der Waals surface area contributed by atoms with E-state index < -0.39 is 5.97 Å². The van der Waals surface area contributed by atoms with Crippen molar-refractivity contribution in [1.29, 1.82) is 0 Å². The predicted octanol–water partition coefficient (Wildman–Crippen LogP) is 4.89. The van der Waals surface area contributed by atoms with Gasteiger partial charge in [-0.05, 0) is 36.7 Å². The lowest BCUT2D eigenvalue weighted by Gasteiger charge is -2.11. The van der Waals surface area contributed by atoms with Crippen LogP contribution in [-0.4, -0.2) is 36.7 Å². The van der Waals surface area contributed by atoms with E-state index in [-0.39, 0.29) is 0 Å². The minimum Gasteiger partial charge on any atom is -0.465 e. The van der Waals surface area contributed by atoms with E-state index in [0.29, 0.717) is 20.7 Å². The third-order valence-corrected chi connectivity index (χ3v) is 5.55. The summed E-state index contributed by atoms with van der Waals surface area (Å²) in [4.78, 5) is 12.3. The van der Waals surface area contributed by atoms with Crippen LogP contribution < -0.4 is 10.6 Å². The molecule has 0 saturated heterocycles. The number of carbonyl (C=O) groups excluding carboxylic acids is 1. The van der Waals surface area contributed by atoms with Gasteiger partial charge in [0, 0.05) is 28.1 Å². The summed E-state index contributed by atoms with van der Waals surface area (Å²) in [6.45, 7) is 0.781. The van der Waals surface area contributed by atoms with E-state index in [2.05, 4.69) is 16.9 Å². The third kappa shape index (κ3) is 5.34. The molecule has 1 aromatic carbocycles. The Morgan fingerprint density at radius 3 is 2.80 bits per heavy atom. The molecule has 0 aliphatic heterocycles. The molecule has 0 amide bonds. The predicted molar refractivity (Wildman–Crippen MR) is 113 cm³/mol. The van der Waals surface area contributed by atoms with Gasteiger partial charge in [0.05, 0.1) is 7.11 Å². The van der Waals surface area contributed by atoms with Crippen molar-refractivity contribution in [3.05, 3.63) is 40.2 Å². The van der Waals surface area contributed by atoms with Crippen LogP contribution in [0, 0.1) is 0 Å². The number of hydrogen-bond acceptors (Lipinski definition) is 5. The number of benzene rings is 1. The topological polar surface area (TPSA) is 50.4 Å². The Hall–Kier alpha value is -1.28. The Labute approximate surface area is 166 Å². The highest BCUT2D eigenvalue weighted by molar-refractivity contribution is 7.98. The SMILES string of the molecule is COC(=O)c1c(-c2ccccc2Cl)csc1NC(=S)NCCCSC. The Balaban J connectivity index is 2.23. The van der Waals surface area contributed by atoms with Gasteiger partial charge in [0.1, 0.15) is 10.6 Å². The quantitative estimate of drug-likeness (QED) is 0.382. The highest BCUT2D eigenvalue weighted by Gasteiger charge is 2.22. The van der Waals surface area contributed by atoms with Crippen molar-refractivity contribution in [2.75, 3.05) is 31.0 Å².